The van der Waals surface area contributed by atoms with Gasteiger partial charge in [0.1, 0.15) is 0 Å². The Labute approximate surface area is 139 Å². The minimum atomic E-state index is -0.422. The number of nitrogens with one attached hydrogen (secondary N) is 1. The average molecular weight is 373 g/mol. The lowest BCUT2D eigenvalue weighted by Gasteiger charge is -2.32. The second-order valence-electron chi connectivity index (χ2n) is 5.58. The van der Waals surface area contributed by atoms with Crippen LogP contribution in [-0.4, -0.2) is 44.1 Å². The lowest BCUT2D eigenvalue weighted by Crippen LogP contribution is -2.42. The van der Waals surface area contributed by atoms with Gasteiger partial charge in [-0.15, -0.1) is 0 Å². The molecule has 122 valence electrons. The quantitative estimate of drug-likeness (QED) is 0.834. The summed E-state index contributed by atoms with van der Waals surface area (Å²) in [4.78, 5) is 14.1. The summed E-state index contributed by atoms with van der Waals surface area (Å²) >= 11 is 3.20. The van der Waals surface area contributed by atoms with Crippen molar-refractivity contribution < 1.29 is 13.9 Å². The number of ether oxygens (including phenoxy) is 1. The van der Waals surface area contributed by atoms with E-state index in [9.17, 15) is 9.18 Å². The lowest BCUT2D eigenvalue weighted by atomic mass is 9.98. The zero-order chi connectivity index (χ0) is 15.9. The molecule has 22 heavy (non-hydrogen) atoms. The highest BCUT2D eigenvalue weighted by Gasteiger charge is 2.22. The molecule has 0 saturated carbocycles. The van der Waals surface area contributed by atoms with E-state index in [1.165, 1.54) is 6.07 Å². The van der Waals surface area contributed by atoms with Crippen molar-refractivity contribution in [1.82, 2.24) is 10.2 Å². The van der Waals surface area contributed by atoms with Crippen LogP contribution in [-0.2, 0) is 4.79 Å². The fraction of sp³-hybridized carbons (Fsp3) is 0.562. The zero-order valence-corrected chi connectivity index (χ0v) is 14.4. The third-order valence-corrected chi connectivity index (χ3v) is 4.33. The Morgan fingerprint density at radius 3 is 3.09 bits per heavy atom. The molecule has 1 atom stereocenters. The molecule has 1 fully saturated rings. The molecule has 1 aliphatic rings. The molecule has 1 amide bonds. The molecule has 1 aliphatic heterocycles. The van der Waals surface area contributed by atoms with Gasteiger partial charge in [0.15, 0.2) is 11.6 Å². The van der Waals surface area contributed by atoms with Gasteiger partial charge in [-0.05, 0) is 50.6 Å². The van der Waals surface area contributed by atoms with E-state index in [2.05, 4.69) is 21.2 Å². The summed E-state index contributed by atoms with van der Waals surface area (Å²) in [5.41, 5.74) is 0. The van der Waals surface area contributed by atoms with Gasteiger partial charge in [0.25, 0.3) is 0 Å². The highest BCUT2D eigenvalue weighted by molar-refractivity contribution is 9.10. The molecule has 0 aromatic heterocycles. The number of likely N-dealkylation sites (tertiary alicyclic amines) is 1. The molecule has 6 heteroatoms. The number of nitrogens with zero attached hydrogens (tertiary/aromatic N) is 1. The van der Waals surface area contributed by atoms with Gasteiger partial charge in [-0.25, -0.2) is 4.39 Å². The van der Waals surface area contributed by atoms with E-state index in [-0.39, 0.29) is 24.7 Å². The van der Waals surface area contributed by atoms with Crippen molar-refractivity contribution in [2.75, 3.05) is 33.3 Å². The SMILES string of the molecule is CNC[C@@H]1CCCN(C(=O)CCOc2ccc(Br)cc2F)C1. The van der Waals surface area contributed by atoms with E-state index in [1.807, 2.05) is 11.9 Å². The maximum atomic E-state index is 13.6. The van der Waals surface area contributed by atoms with Crippen molar-refractivity contribution in [3.8, 4) is 5.75 Å². The van der Waals surface area contributed by atoms with Crippen molar-refractivity contribution in [2.45, 2.75) is 19.3 Å². The molecule has 1 heterocycles. The minimum absolute atomic E-state index is 0.0818. The van der Waals surface area contributed by atoms with E-state index in [0.717, 1.165) is 32.5 Å². The van der Waals surface area contributed by atoms with E-state index in [0.29, 0.717) is 10.4 Å². The lowest BCUT2D eigenvalue weighted by molar-refractivity contribution is -0.133. The smallest absolute Gasteiger partial charge is 0.226 e. The molecule has 0 unspecified atom stereocenters. The minimum Gasteiger partial charge on any atom is -0.490 e. The first-order chi connectivity index (χ1) is 10.6. The van der Waals surface area contributed by atoms with Gasteiger partial charge in [0, 0.05) is 17.6 Å². The summed E-state index contributed by atoms with van der Waals surface area (Å²) in [5, 5.41) is 3.16. The number of rotatable bonds is 6. The molecule has 0 radical (unpaired) electrons. The van der Waals surface area contributed by atoms with Gasteiger partial charge in [0.05, 0.1) is 13.0 Å². The maximum absolute atomic E-state index is 13.6. The van der Waals surface area contributed by atoms with E-state index in [1.54, 1.807) is 12.1 Å². The summed E-state index contributed by atoms with van der Waals surface area (Å²) < 4.78 is 19.6. The van der Waals surface area contributed by atoms with Crippen LogP contribution >= 0.6 is 15.9 Å². The summed E-state index contributed by atoms with van der Waals surface area (Å²) in [7, 11) is 1.93. The van der Waals surface area contributed by atoms with E-state index < -0.39 is 5.82 Å². The van der Waals surface area contributed by atoms with Gasteiger partial charge in [-0.2, -0.15) is 0 Å². The number of halogens is 2. The van der Waals surface area contributed by atoms with Crippen molar-refractivity contribution >= 4 is 21.8 Å². The van der Waals surface area contributed by atoms with Gasteiger partial charge < -0.3 is 15.0 Å². The van der Waals surface area contributed by atoms with Gasteiger partial charge in [-0.3, -0.25) is 4.79 Å². The number of benzene rings is 1. The maximum Gasteiger partial charge on any atom is 0.226 e. The number of carbonyl (C=O) groups excluding carboxylic acids is 1. The highest BCUT2D eigenvalue weighted by Crippen LogP contribution is 2.22. The van der Waals surface area contributed by atoms with Gasteiger partial charge >= 0.3 is 0 Å². The summed E-state index contributed by atoms with van der Waals surface area (Å²) in [6.45, 7) is 2.74. The highest BCUT2D eigenvalue weighted by atomic mass is 79.9. The van der Waals surface area contributed by atoms with Crippen LogP contribution in [0.2, 0.25) is 0 Å². The molecule has 4 nitrogen and oxygen atoms in total. The van der Waals surface area contributed by atoms with Crippen LogP contribution in [0, 0.1) is 11.7 Å². The predicted octanol–water partition coefficient (Wildman–Crippen LogP) is 2.82. The first-order valence-corrected chi connectivity index (χ1v) is 8.39. The third kappa shape index (κ3) is 4.95. The Hall–Kier alpha value is -1.14. The number of carbonyl (C=O) groups is 1. The molecular weight excluding hydrogens is 351 g/mol. The second-order valence-corrected chi connectivity index (χ2v) is 6.49. The van der Waals surface area contributed by atoms with Crippen molar-refractivity contribution in [1.29, 1.82) is 0 Å². The molecule has 0 bridgehead atoms. The Balaban J connectivity index is 1.77. The normalized spacial score (nSPS) is 18.3. The fourth-order valence-corrected chi connectivity index (χ4v) is 3.08. The Bertz CT molecular complexity index is 511. The van der Waals surface area contributed by atoms with Crippen LogP contribution in [0.25, 0.3) is 0 Å². The largest absolute Gasteiger partial charge is 0.490 e. The Morgan fingerprint density at radius 1 is 1.55 bits per heavy atom. The van der Waals surface area contributed by atoms with E-state index >= 15 is 0 Å². The molecule has 1 aromatic carbocycles. The van der Waals surface area contributed by atoms with Crippen LogP contribution in [0.1, 0.15) is 19.3 Å². The van der Waals surface area contributed by atoms with Crippen LogP contribution in [0.5, 0.6) is 5.75 Å². The van der Waals surface area contributed by atoms with Crippen molar-refractivity contribution in [3.63, 3.8) is 0 Å². The van der Waals surface area contributed by atoms with Crippen LogP contribution in [0.15, 0.2) is 22.7 Å². The topological polar surface area (TPSA) is 41.6 Å². The number of amides is 1. The van der Waals surface area contributed by atoms with Gasteiger partial charge in [0.2, 0.25) is 5.91 Å². The predicted molar refractivity (Wildman–Crippen MR) is 87.4 cm³/mol. The number of hydrogen-bond acceptors (Lipinski definition) is 3. The molecular formula is C16H22BrFN2O2. The van der Waals surface area contributed by atoms with Crippen LogP contribution in [0.3, 0.4) is 0 Å². The zero-order valence-electron chi connectivity index (χ0n) is 12.8. The summed E-state index contributed by atoms with van der Waals surface area (Å²) in [5.74, 6) is 0.363. The standard InChI is InChI=1S/C16H22BrFN2O2/c1-19-10-12-3-2-7-20(11-12)16(21)6-8-22-15-5-4-13(17)9-14(15)18/h4-5,9,12,19H,2-3,6-8,10-11H2,1H3/t12-/m0/s1. The van der Waals surface area contributed by atoms with Crippen LogP contribution in [0.4, 0.5) is 4.39 Å². The first kappa shape index (κ1) is 17.2. The molecule has 2 rings (SSSR count). The molecule has 1 aromatic rings. The molecule has 0 aliphatic carbocycles. The van der Waals surface area contributed by atoms with Crippen molar-refractivity contribution in [2.24, 2.45) is 5.92 Å². The third-order valence-electron chi connectivity index (χ3n) is 3.83. The summed E-state index contributed by atoms with van der Waals surface area (Å²) in [6, 6.07) is 4.63. The van der Waals surface area contributed by atoms with Gasteiger partial charge in [-0.1, -0.05) is 15.9 Å². The number of piperidine rings is 1. The Morgan fingerprint density at radius 2 is 2.36 bits per heavy atom. The number of hydrogen-bond donors (Lipinski definition) is 1. The average Bonchev–Trinajstić information content (AvgIpc) is 2.50. The Kier molecular flexibility index (Phi) is 6.64. The summed E-state index contributed by atoms with van der Waals surface area (Å²) in [6.07, 6.45) is 2.48. The molecule has 1 saturated heterocycles. The monoisotopic (exact) mass is 372 g/mol. The second kappa shape index (κ2) is 8.48. The molecule has 1 N–H and O–H groups in total. The molecule has 0 spiro atoms. The first-order valence-electron chi connectivity index (χ1n) is 7.60. The van der Waals surface area contributed by atoms with Crippen molar-refractivity contribution in [3.05, 3.63) is 28.5 Å². The fourth-order valence-electron chi connectivity index (χ4n) is 2.75. The van der Waals surface area contributed by atoms with Crippen LogP contribution < -0.4 is 10.1 Å². The van der Waals surface area contributed by atoms with E-state index in [4.69, 9.17) is 4.74 Å².